The van der Waals surface area contributed by atoms with Crippen LogP contribution in [0.2, 0.25) is 0 Å². The molecule has 0 aliphatic carbocycles. The molecule has 4 heteroatoms. The summed E-state index contributed by atoms with van der Waals surface area (Å²) in [6.45, 7) is 14.2. The molecular weight excluding hydrogens is 508 g/mol. The monoisotopic (exact) mass is 574 g/mol. The van der Waals surface area contributed by atoms with E-state index in [2.05, 4.69) is 51.3 Å². The molecule has 0 fully saturated rings. The molecular formula is C37H66O4. The number of carbonyl (C=O) groups is 2. The zero-order valence-corrected chi connectivity index (χ0v) is 27.4. The Morgan fingerprint density at radius 2 is 0.951 bits per heavy atom. The van der Waals surface area contributed by atoms with Gasteiger partial charge in [0.15, 0.2) is 0 Å². The third-order valence-corrected chi connectivity index (χ3v) is 6.84. The molecule has 238 valence electrons. The van der Waals surface area contributed by atoms with E-state index in [4.69, 9.17) is 9.47 Å². The van der Waals surface area contributed by atoms with Gasteiger partial charge in [0, 0.05) is 11.6 Å². The van der Waals surface area contributed by atoms with Crippen LogP contribution in [0.1, 0.15) is 162 Å². The van der Waals surface area contributed by atoms with Crippen molar-refractivity contribution in [2.24, 2.45) is 0 Å². The van der Waals surface area contributed by atoms with Crippen molar-refractivity contribution < 1.29 is 19.1 Å². The lowest BCUT2D eigenvalue weighted by Crippen LogP contribution is -2.05. The van der Waals surface area contributed by atoms with Crippen LogP contribution in [0.3, 0.4) is 0 Å². The van der Waals surface area contributed by atoms with Crippen molar-refractivity contribution in [3.63, 3.8) is 0 Å². The molecule has 0 saturated heterocycles. The minimum Gasteiger partial charge on any atom is -0.463 e. The first-order chi connectivity index (χ1) is 20.0. The Balaban J connectivity index is 0. The van der Waals surface area contributed by atoms with Gasteiger partial charge in [0.2, 0.25) is 0 Å². The fourth-order valence-electron chi connectivity index (χ4n) is 4.20. The second kappa shape index (κ2) is 35.9. The van der Waals surface area contributed by atoms with Gasteiger partial charge in [-0.1, -0.05) is 148 Å². The maximum Gasteiger partial charge on any atom is 0.333 e. The molecule has 0 aromatic heterocycles. The second-order valence-electron chi connectivity index (χ2n) is 11.1. The number of hydrogen-bond donors (Lipinski definition) is 0. The van der Waals surface area contributed by atoms with E-state index in [1.165, 1.54) is 122 Å². The van der Waals surface area contributed by atoms with E-state index >= 15 is 0 Å². The van der Waals surface area contributed by atoms with E-state index in [1.807, 2.05) is 0 Å². The first-order valence-corrected chi connectivity index (χ1v) is 16.9. The summed E-state index contributed by atoms with van der Waals surface area (Å²) in [5.74, 6) is -0.571. The van der Waals surface area contributed by atoms with Crippen LogP contribution in [0, 0.1) is 0 Å². The molecule has 0 spiro atoms. The van der Waals surface area contributed by atoms with Gasteiger partial charge in [-0.05, 0) is 51.9 Å². The Bertz CT molecular complexity index is 662. The molecule has 0 bridgehead atoms. The molecule has 0 N–H and O–H groups in total. The predicted octanol–water partition coefficient (Wildman–Crippen LogP) is 11.6. The number of allylic oxidation sites excluding steroid dienone is 4. The van der Waals surface area contributed by atoms with Crippen molar-refractivity contribution in [2.45, 2.75) is 162 Å². The SMILES string of the molecule is C=C(C)C(=O)OCCCCCCCCCCCC.C=CC(=O)OCCCCCCCC/C=C\C/C=C\CCCCC. The third kappa shape index (κ3) is 37.9. The van der Waals surface area contributed by atoms with E-state index in [9.17, 15) is 9.59 Å². The summed E-state index contributed by atoms with van der Waals surface area (Å²) in [6, 6.07) is 0. The highest BCUT2D eigenvalue weighted by atomic mass is 16.5. The minimum atomic E-state index is -0.312. The van der Waals surface area contributed by atoms with E-state index in [0.717, 1.165) is 25.7 Å². The van der Waals surface area contributed by atoms with Crippen molar-refractivity contribution in [1.29, 1.82) is 0 Å². The molecule has 0 saturated carbocycles. The highest BCUT2D eigenvalue weighted by molar-refractivity contribution is 5.86. The fourth-order valence-corrected chi connectivity index (χ4v) is 4.20. The molecule has 0 aliphatic heterocycles. The topological polar surface area (TPSA) is 52.6 Å². The third-order valence-electron chi connectivity index (χ3n) is 6.84. The summed E-state index contributed by atoms with van der Waals surface area (Å²) < 4.78 is 9.98. The zero-order chi connectivity index (χ0) is 30.7. The molecule has 0 radical (unpaired) electrons. The van der Waals surface area contributed by atoms with E-state index in [0.29, 0.717) is 18.8 Å². The highest BCUT2D eigenvalue weighted by Crippen LogP contribution is 2.11. The molecule has 0 unspecified atom stereocenters. The number of carbonyl (C=O) groups excluding carboxylic acids is 2. The zero-order valence-electron chi connectivity index (χ0n) is 27.4. The Morgan fingerprint density at radius 3 is 1.41 bits per heavy atom. The van der Waals surface area contributed by atoms with Crippen LogP contribution in [0.5, 0.6) is 0 Å². The number of esters is 2. The fraction of sp³-hybridized carbons (Fsp3) is 0.730. The van der Waals surface area contributed by atoms with Crippen molar-refractivity contribution in [1.82, 2.24) is 0 Å². The number of hydrogen-bond acceptors (Lipinski definition) is 4. The summed E-state index contributed by atoms with van der Waals surface area (Å²) >= 11 is 0. The van der Waals surface area contributed by atoms with Gasteiger partial charge in [0.05, 0.1) is 13.2 Å². The Kier molecular flexibility index (Phi) is 36.0. The maximum atomic E-state index is 11.1. The number of ether oxygens (including phenoxy) is 2. The Labute approximate surface area is 255 Å². The first kappa shape index (κ1) is 41.0. The summed E-state index contributed by atoms with van der Waals surface area (Å²) in [5, 5.41) is 0. The Morgan fingerprint density at radius 1 is 0.561 bits per heavy atom. The molecule has 0 rings (SSSR count). The maximum absolute atomic E-state index is 11.1. The van der Waals surface area contributed by atoms with Crippen LogP contribution < -0.4 is 0 Å². The molecule has 0 aromatic rings. The van der Waals surface area contributed by atoms with Gasteiger partial charge in [0.25, 0.3) is 0 Å². The number of unbranched alkanes of at least 4 members (excludes halogenated alkanes) is 18. The quantitative estimate of drug-likeness (QED) is 0.0403. The van der Waals surface area contributed by atoms with Gasteiger partial charge in [0.1, 0.15) is 0 Å². The van der Waals surface area contributed by atoms with Crippen LogP contribution in [0.15, 0.2) is 49.1 Å². The largest absolute Gasteiger partial charge is 0.463 e. The lowest BCUT2D eigenvalue weighted by atomic mass is 10.1. The van der Waals surface area contributed by atoms with Gasteiger partial charge in [-0.25, -0.2) is 9.59 Å². The van der Waals surface area contributed by atoms with Crippen LogP contribution in [-0.2, 0) is 19.1 Å². The summed E-state index contributed by atoms with van der Waals surface area (Å²) in [7, 11) is 0. The smallest absolute Gasteiger partial charge is 0.333 e. The number of rotatable bonds is 28. The van der Waals surface area contributed by atoms with Gasteiger partial charge >= 0.3 is 11.9 Å². The molecule has 41 heavy (non-hydrogen) atoms. The summed E-state index contributed by atoms with van der Waals surface area (Å²) in [6.07, 6.45) is 38.0. The van der Waals surface area contributed by atoms with E-state index in [1.54, 1.807) is 6.92 Å². The van der Waals surface area contributed by atoms with Crippen molar-refractivity contribution in [2.75, 3.05) is 13.2 Å². The van der Waals surface area contributed by atoms with Gasteiger partial charge in [-0.15, -0.1) is 0 Å². The first-order valence-electron chi connectivity index (χ1n) is 16.9. The van der Waals surface area contributed by atoms with Crippen LogP contribution in [0.4, 0.5) is 0 Å². The molecule has 0 aromatic carbocycles. The Hall–Kier alpha value is -2.10. The van der Waals surface area contributed by atoms with Crippen molar-refractivity contribution in [3.05, 3.63) is 49.1 Å². The highest BCUT2D eigenvalue weighted by Gasteiger charge is 2.01. The van der Waals surface area contributed by atoms with Crippen LogP contribution in [0.25, 0.3) is 0 Å². The van der Waals surface area contributed by atoms with E-state index < -0.39 is 0 Å². The predicted molar refractivity (Wildman–Crippen MR) is 178 cm³/mol. The second-order valence-corrected chi connectivity index (χ2v) is 11.1. The molecule has 4 nitrogen and oxygen atoms in total. The van der Waals surface area contributed by atoms with Gasteiger partial charge in [-0.3, -0.25) is 0 Å². The molecule has 0 aliphatic rings. The molecule has 0 heterocycles. The van der Waals surface area contributed by atoms with Crippen molar-refractivity contribution >= 4 is 11.9 Å². The van der Waals surface area contributed by atoms with Crippen LogP contribution in [-0.4, -0.2) is 25.2 Å². The van der Waals surface area contributed by atoms with E-state index in [-0.39, 0.29) is 11.9 Å². The lowest BCUT2D eigenvalue weighted by molar-refractivity contribution is -0.139. The molecule has 0 amide bonds. The lowest BCUT2D eigenvalue weighted by Gasteiger charge is -2.04. The van der Waals surface area contributed by atoms with Crippen LogP contribution >= 0.6 is 0 Å². The normalized spacial score (nSPS) is 10.9. The summed E-state index contributed by atoms with van der Waals surface area (Å²) in [5.41, 5.74) is 0.488. The summed E-state index contributed by atoms with van der Waals surface area (Å²) in [4.78, 5) is 21.9. The molecule has 0 atom stereocenters. The average Bonchev–Trinajstić information content (AvgIpc) is 2.97. The van der Waals surface area contributed by atoms with Gasteiger partial charge in [-0.2, -0.15) is 0 Å². The standard InChI is InChI=1S/C21H36O2.C16H30O2/c1-3-5-6-7-8-9-10-11-12-13-14-15-16-17-18-19-20-23-21(22)4-2;1-4-5-6-7-8-9-10-11-12-13-14-18-16(17)15(2)3/h4,8-9,11-12H,2-3,5-7,10,13-20H2,1H3;2,4-14H2,1,3H3/b9-8-,12-11-;. The average molecular weight is 575 g/mol. The van der Waals surface area contributed by atoms with Crippen molar-refractivity contribution in [3.8, 4) is 0 Å². The minimum absolute atomic E-state index is 0.258. The van der Waals surface area contributed by atoms with Gasteiger partial charge < -0.3 is 9.47 Å².